The van der Waals surface area contributed by atoms with E-state index >= 15 is 0 Å². The minimum atomic E-state index is -0.835. The van der Waals surface area contributed by atoms with Crippen LogP contribution in [0.25, 0.3) is 11.4 Å². The number of aryl methyl sites for hydroxylation is 1. The molecule has 36 heavy (non-hydrogen) atoms. The molecular weight excluding hydrogens is 471 g/mol. The number of alkyl halides is 1. The van der Waals surface area contributed by atoms with Crippen LogP contribution in [0.15, 0.2) is 30.6 Å². The number of amides is 2. The molecule has 1 aromatic carbocycles. The van der Waals surface area contributed by atoms with Crippen molar-refractivity contribution in [1.82, 2.24) is 30.3 Å². The van der Waals surface area contributed by atoms with E-state index in [0.717, 1.165) is 25.7 Å². The highest BCUT2D eigenvalue weighted by atomic mass is 19.1. The van der Waals surface area contributed by atoms with Crippen LogP contribution in [0, 0.1) is 0 Å². The minimum absolute atomic E-state index is 0.0213. The molecule has 2 aliphatic carbocycles. The number of aromatic nitrogens is 5. The lowest BCUT2D eigenvalue weighted by Gasteiger charge is -2.27. The summed E-state index contributed by atoms with van der Waals surface area (Å²) in [6.07, 6.45) is 4.75. The highest BCUT2D eigenvalue weighted by Gasteiger charge is 2.33. The van der Waals surface area contributed by atoms with Gasteiger partial charge in [0.25, 0.3) is 11.8 Å². The Bertz CT molecular complexity index is 1290. The predicted molar refractivity (Wildman–Crippen MR) is 125 cm³/mol. The molecule has 2 saturated carbocycles. The number of nitrogens with one attached hydrogen (secondary N) is 1. The number of carbonyl (C=O) groups is 2. The average Bonchev–Trinajstić information content (AvgIpc) is 3.82. The fraction of sp³-hybridized carbons (Fsp3) is 0.391. The van der Waals surface area contributed by atoms with Gasteiger partial charge in [-0.2, -0.15) is 5.10 Å². The molecule has 0 unspecified atom stereocenters. The first-order chi connectivity index (χ1) is 17.5. The number of nitrogens with two attached hydrogens (primary N) is 1. The van der Waals surface area contributed by atoms with Gasteiger partial charge in [0.1, 0.15) is 24.4 Å². The molecule has 0 bridgehead atoms. The van der Waals surface area contributed by atoms with E-state index in [2.05, 4.69) is 25.6 Å². The molecule has 2 aromatic heterocycles. The van der Waals surface area contributed by atoms with Crippen molar-refractivity contribution in [3.05, 3.63) is 42.0 Å². The van der Waals surface area contributed by atoms with Crippen molar-refractivity contribution in [1.29, 1.82) is 0 Å². The van der Waals surface area contributed by atoms with Crippen LogP contribution >= 0.6 is 0 Å². The van der Waals surface area contributed by atoms with Crippen LogP contribution < -0.4 is 20.9 Å². The fourth-order valence-electron chi connectivity index (χ4n) is 3.56. The normalized spacial score (nSPS) is 14.9. The summed E-state index contributed by atoms with van der Waals surface area (Å²) in [7, 11) is 1.48. The Labute approximate surface area is 205 Å². The Hall–Kier alpha value is -4.13. The van der Waals surface area contributed by atoms with Crippen molar-refractivity contribution >= 4 is 23.2 Å². The number of carbonyl (C=O) groups excluding carboxylic acids is 2. The molecule has 3 aromatic rings. The van der Waals surface area contributed by atoms with E-state index in [0.29, 0.717) is 22.8 Å². The molecular formula is C23H25FN8O4. The Morgan fingerprint density at radius 3 is 2.69 bits per heavy atom. The molecule has 188 valence electrons. The monoisotopic (exact) mass is 496 g/mol. The predicted octanol–water partition coefficient (Wildman–Crippen LogP) is 1.94. The molecule has 2 aliphatic rings. The van der Waals surface area contributed by atoms with E-state index < -0.39 is 18.5 Å². The molecule has 2 fully saturated rings. The minimum Gasteiger partial charge on any atom is -0.494 e. The Morgan fingerprint density at radius 1 is 1.22 bits per heavy atom. The summed E-state index contributed by atoms with van der Waals surface area (Å²) >= 11 is 0. The maximum Gasteiger partial charge on any atom is 0.272 e. The van der Waals surface area contributed by atoms with Crippen LogP contribution in [0.3, 0.4) is 0 Å². The van der Waals surface area contributed by atoms with Crippen molar-refractivity contribution in [2.24, 2.45) is 5.73 Å². The molecule has 13 heteroatoms. The second kappa shape index (κ2) is 9.85. The van der Waals surface area contributed by atoms with Gasteiger partial charge in [-0.25, -0.2) is 19.1 Å². The van der Waals surface area contributed by atoms with Gasteiger partial charge in [0.15, 0.2) is 23.0 Å². The molecule has 3 N–H and O–H groups in total. The smallest absolute Gasteiger partial charge is 0.272 e. The summed E-state index contributed by atoms with van der Waals surface area (Å²) in [6, 6.07) is 6.75. The zero-order valence-corrected chi connectivity index (χ0v) is 19.6. The molecule has 0 aliphatic heterocycles. The summed E-state index contributed by atoms with van der Waals surface area (Å²) in [5, 5.41) is 16.4. The third kappa shape index (κ3) is 4.96. The van der Waals surface area contributed by atoms with Crippen molar-refractivity contribution < 1.29 is 23.6 Å². The summed E-state index contributed by atoms with van der Waals surface area (Å²) in [4.78, 5) is 35.4. The zero-order chi connectivity index (χ0) is 25.2. The van der Waals surface area contributed by atoms with Gasteiger partial charge in [-0.05, 0) is 43.9 Å². The number of primary amides is 1. The van der Waals surface area contributed by atoms with E-state index in [1.54, 1.807) is 18.2 Å². The van der Waals surface area contributed by atoms with Crippen molar-refractivity contribution in [2.45, 2.75) is 44.4 Å². The van der Waals surface area contributed by atoms with Crippen molar-refractivity contribution in [3.8, 4) is 17.1 Å². The third-order valence-corrected chi connectivity index (χ3v) is 5.66. The average molecular weight is 497 g/mol. The lowest BCUT2D eigenvalue weighted by molar-refractivity contribution is 0.0937. The number of hydrogen-bond acceptors (Lipinski definition) is 9. The van der Waals surface area contributed by atoms with E-state index in [1.165, 1.54) is 29.2 Å². The van der Waals surface area contributed by atoms with Gasteiger partial charge in [-0.1, -0.05) is 6.07 Å². The number of halogens is 1. The lowest BCUT2D eigenvalue weighted by atomic mass is 10.1. The maximum atomic E-state index is 12.8. The highest BCUT2D eigenvalue weighted by Crippen LogP contribution is 2.43. The van der Waals surface area contributed by atoms with Crippen molar-refractivity contribution in [2.75, 3.05) is 18.8 Å². The number of para-hydroxylation sites is 1. The molecule has 12 nitrogen and oxygen atoms in total. The van der Waals surface area contributed by atoms with Gasteiger partial charge in [0.2, 0.25) is 0 Å². The van der Waals surface area contributed by atoms with Crippen LogP contribution in [-0.2, 0) is 11.4 Å². The number of nitrogens with zero attached hydrogens (tertiary/aromatic N) is 6. The van der Waals surface area contributed by atoms with Gasteiger partial charge in [-0.15, -0.1) is 10.2 Å². The molecule has 0 saturated heterocycles. The summed E-state index contributed by atoms with van der Waals surface area (Å²) in [5.74, 6) is -0.580. The number of anilines is 2. The van der Waals surface area contributed by atoms with E-state index in [1.807, 2.05) is 0 Å². The molecule has 2 amide bonds. The molecule has 0 radical (unpaired) electrons. The first kappa shape index (κ1) is 23.6. The van der Waals surface area contributed by atoms with E-state index in [4.69, 9.17) is 15.3 Å². The van der Waals surface area contributed by atoms with Gasteiger partial charge in [0.05, 0.1) is 25.3 Å². The van der Waals surface area contributed by atoms with Crippen LogP contribution in [-0.4, -0.2) is 62.7 Å². The Balaban J connectivity index is 1.61. The lowest BCUT2D eigenvalue weighted by Crippen LogP contribution is -2.29. The SMILES string of the molecule is COc1c(-c2ncn(CCF)n2)cccc1N(OC1CC1)c1cc(C(=O)NC2CC2)nnc1C(N)=O. The third-order valence-electron chi connectivity index (χ3n) is 5.66. The summed E-state index contributed by atoms with van der Waals surface area (Å²) in [5.41, 5.74) is 6.54. The molecule has 0 spiro atoms. The number of rotatable bonds is 11. The first-order valence-electron chi connectivity index (χ1n) is 11.6. The number of hydrogen-bond donors (Lipinski definition) is 2. The van der Waals surface area contributed by atoms with E-state index in [-0.39, 0.29) is 35.8 Å². The van der Waals surface area contributed by atoms with Crippen molar-refractivity contribution in [3.63, 3.8) is 0 Å². The van der Waals surface area contributed by atoms with E-state index in [9.17, 15) is 14.0 Å². The second-order valence-electron chi connectivity index (χ2n) is 8.55. The van der Waals surface area contributed by atoms with Crippen LogP contribution in [0.5, 0.6) is 5.75 Å². The Morgan fingerprint density at radius 2 is 2.03 bits per heavy atom. The topological polar surface area (TPSA) is 150 Å². The fourth-order valence-corrected chi connectivity index (χ4v) is 3.56. The summed E-state index contributed by atoms with van der Waals surface area (Å²) < 4.78 is 19.9. The molecule has 5 rings (SSSR count). The number of methoxy groups -OCH3 is 1. The standard InChI is InChI=1S/C23H25FN8O4/c1-35-20-15(22-26-12-31(30-22)10-9-24)3-2-4-17(20)32(36-14-7-8-14)18-11-16(23(34)27-13-5-6-13)28-29-19(18)21(25)33/h2-4,11-14H,5-10H2,1H3,(H2,25,33)(H,27,34). The van der Waals surface area contributed by atoms with Crippen LogP contribution in [0.4, 0.5) is 15.8 Å². The largest absolute Gasteiger partial charge is 0.494 e. The van der Waals surface area contributed by atoms with Crippen LogP contribution in [0.1, 0.15) is 46.7 Å². The van der Waals surface area contributed by atoms with Gasteiger partial charge in [0, 0.05) is 6.04 Å². The molecule has 2 heterocycles. The maximum absolute atomic E-state index is 12.8. The Kier molecular flexibility index (Phi) is 6.46. The first-order valence-corrected chi connectivity index (χ1v) is 11.6. The van der Waals surface area contributed by atoms with Gasteiger partial charge >= 0.3 is 0 Å². The number of ether oxygens (including phenoxy) is 1. The zero-order valence-electron chi connectivity index (χ0n) is 19.6. The quantitative estimate of drug-likeness (QED) is 0.380. The summed E-state index contributed by atoms with van der Waals surface area (Å²) in [6.45, 7) is -0.507. The van der Waals surface area contributed by atoms with Gasteiger partial charge in [-0.3, -0.25) is 14.4 Å². The van der Waals surface area contributed by atoms with Crippen LogP contribution in [0.2, 0.25) is 0 Å². The molecule has 0 atom stereocenters. The highest BCUT2D eigenvalue weighted by molar-refractivity contribution is 6.00. The number of benzene rings is 1. The van der Waals surface area contributed by atoms with Gasteiger partial charge < -0.3 is 15.8 Å². The second-order valence-corrected chi connectivity index (χ2v) is 8.55.